The maximum Gasteiger partial charge on any atom is 0.276 e. The first-order chi connectivity index (χ1) is 10.9. The van der Waals surface area contributed by atoms with Crippen molar-refractivity contribution in [1.82, 2.24) is 19.9 Å². The van der Waals surface area contributed by atoms with Crippen molar-refractivity contribution in [2.75, 3.05) is 19.6 Å². The highest BCUT2D eigenvalue weighted by atomic mass is 79.9. The Labute approximate surface area is 143 Å². The number of likely N-dealkylation sites (tertiary alicyclic amines) is 1. The highest BCUT2D eigenvalue weighted by Crippen LogP contribution is 2.29. The smallest absolute Gasteiger partial charge is 0.276 e. The second-order valence-electron chi connectivity index (χ2n) is 6.41. The summed E-state index contributed by atoms with van der Waals surface area (Å²) in [5.74, 6) is -0.0686. The van der Waals surface area contributed by atoms with Gasteiger partial charge in [0.15, 0.2) is 5.69 Å². The third kappa shape index (κ3) is 3.03. The molecule has 23 heavy (non-hydrogen) atoms. The third-order valence-corrected chi connectivity index (χ3v) is 4.98. The van der Waals surface area contributed by atoms with E-state index < -0.39 is 0 Å². The molecule has 0 saturated carbocycles. The largest absolute Gasteiger partial charge is 0.337 e. The molecule has 1 aromatic heterocycles. The van der Waals surface area contributed by atoms with Crippen LogP contribution in [0.1, 0.15) is 29.5 Å². The molecule has 1 fully saturated rings. The van der Waals surface area contributed by atoms with Crippen LogP contribution in [0.5, 0.6) is 0 Å². The van der Waals surface area contributed by atoms with Gasteiger partial charge in [0.25, 0.3) is 5.91 Å². The van der Waals surface area contributed by atoms with E-state index in [-0.39, 0.29) is 11.3 Å². The molecule has 122 valence electrons. The number of carbonyl (C=O) groups excluding carboxylic acids is 1. The lowest BCUT2D eigenvalue weighted by Gasteiger charge is -2.22. The van der Waals surface area contributed by atoms with Crippen molar-refractivity contribution in [3.8, 4) is 5.69 Å². The number of hydrogen-bond donors (Lipinski definition) is 1. The molecular formula is C16H20BrN5O. The first-order valence-corrected chi connectivity index (χ1v) is 8.40. The monoisotopic (exact) mass is 377 g/mol. The molecule has 0 aliphatic carbocycles. The number of aromatic nitrogens is 3. The lowest BCUT2D eigenvalue weighted by Crippen LogP contribution is -2.35. The SMILES string of the molecule is Cc1c(C(=O)N2CCC(C)(CN)C2)nnn1-c1cccc(Br)c1. The summed E-state index contributed by atoms with van der Waals surface area (Å²) in [6.07, 6.45) is 0.925. The Hall–Kier alpha value is -1.73. The predicted octanol–water partition coefficient (Wildman–Crippen LogP) is 2.15. The number of hydrogen-bond acceptors (Lipinski definition) is 4. The Morgan fingerprint density at radius 3 is 2.91 bits per heavy atom. The fourth-order valence-electron chi connectivity index (χ4n) is 2.89. The Morgan fingerprint density at radius 2 is 2.26 bits per heavy atom. The van der Waals surface area contributed by atoms with E-state index >= 15 is 0 Å². The summed E-state index contributed by atoms with van der Waals surface area (Å²) in [6, 6.07) is 7.74. The van der Waals surface area contributed by atoms with Crippen molar-refractivity contribution in [3.05, 3.63) is 40.1 Å². The van der Waals surface area contributed by atoms with Crippen molar-refractivity contribution in [2.45, 2.75) is 20.3 Å². The number of nitrogens with two attached hydrogens (primary N) is 1. The molecular weight excluding hydrogens is 358 g/mol. The molecule has 2 heterocycles. The second-order valence-corrected chi connectivity index (χ2v) is 7.32. The van der Waals surface area contributed by atoms with Gasteiger partial charge in [-0.2, -0.15) is 0 Å². The van der Waals surface area contributed by atoms with E-state index in [2.05, 4.69) is 33.2 Å². The van der Waals surface area contributed by atoms with Gasteiger partial charge in [0, 0.05) is 17.6 Å². The molecule has 1 aliphatic heterocycles. The van der Waals surface area contributed by atoms with E-state index in [9.17, 15) is 4.79 Å². The number of nitrogens with zero attached hydrogens (tertiary/aromatic N) is 4. The second kappa shape index (κ2) is 6.05. The molecule has 1 unspecified atom stereocenters. The van der Waals surface area contributed by atoms with Crippen LogP contribution in [0.4, 0.5) is 0 Å². The van der Waals surface area contributed by atoms with Crippen LogP contribution in [0.2, 0.25) is 0 Å². The Kier molecular flexibility index (Phi) is 4.25. The minimum atomic E-state index is -0.0686. The highest BCUT2D eigenvalue weighted by Gasteiger charge is 2.36. The van der Waals surface area contributed by atoms with Crippen molar-refractivity contribution in [1.29, 1.82) is 0 Å². The Morgan fingerprint density at radius 1 is 1.48 bits per heavy atom. The van der Waals surface area contributed by atoms with E-state index in [0.29, 0.717) is 18.8 Å². The van der Waals surface area contributed by atoms with Gasteiger partial charge in [0.1, 0.15) is 0 Å². The van der Waals surface area contributed by atoms with E-state index in [0.717, 1.165) is 28.8 Å². The van der Waals surface area contributed by atoms with Crippen molar-refractivity contribution in [2.24, 2.45) is 11.1 Å². The van der Waals surface area contributed by atoms with Gasteiger partial charge in [-0.1, -0.05) is 34.1 Å². The molecule has 3 rings (SSSR count). The molecule has 2 N–H and O–H groups in total. The average molecular weight is 378 g/mol. The van der Waals surface area contributed by atoms with Gasteiger partial charge in [-0.3, -0.25) is 4.79 Å². The van der Waals surface area contributed by atoms with Crippen molar-refractivity contribution < 1.29 is 4.79 Å². The predicted molar refractivity (Wildman–Crippen MR) is 91.5 cm³/mol. The first-order valence-electron chi connectivity index (χ1n) is 7.61. The molecule has 1 saturated heterocycles. The van der Waals surface area contributed by atoms with Crippen LogP contribution < -0.4 is 5.73 Å². The lowest BCUT2D eigenvalue weighted by molar-refractivity contribution is 0.0770. The van der Waals surface area contributed by atoms with Crippen LogP contribution in [0.15, 0.2) is 28.7 Å². The Bertz CT molecular complexity index is 744. The zero-order valence-corrected chi connectivity index (χ0v) is 14.9. The summed E-state index contributed by atoms with van der Waals surface area (Å²) in [4.78, 5) is 14.6. The minimum absolute atomic E-state index is 0.00382. The molecule has 6 nitrogen and oxygen atoms in total. The average Bonchev–Trinajstić information content (AvgIpc) is 3.11. The number of rotatable bonds is 3. The van der Waals surface area contributed by atoms with Crippen LogP contribution in [0, 0.1) is 12.3 Å². The normalized spacial score (nSPS) is 21.0. The standard InChI is InChI=1S/C16H20BrN5O/c1-11-14(15(23)21-7-6-16(2,9-18)10-21)19-20-22(11)13-5-3-4-12(17)8-13/h3-5,8H,6-7,9-10,18H2,1-2H3. The van der Waals surface area contributed by atoms with E-state index in [1.165, 1.54) is 0 Å². The number of amides is 1. The topological polar surface area (TPSA) is 77.0 Å². The number of benzene rings is 1. The first kappa shape index (κ1) is 16.1. The van der Waals surface area contributed by atoms with E-state index in [1.54, 1.807) is 4.68 Å². The number of halogens is 1. The van der Waals surface area contributed by atoms with E-state index in [1.807, 2.05) is 36.1 Å². The summed E-state index contributed by atoms with van der Waals surface area (Å²) in [5.41, 5.74) is 7.85. The molecule has 1 aromatic carbocycles. The van der Waals surface area contributed by atoms with Crippen LogP contribution in [-0.4, -0.2) is 45.4 Å². The molecule has 2 aromatic rings. The van der Waals surface area contributed by atoms with Crippen LogP contribution in [-0.2, 0) is 0 Å². The molecule has 1 amide bonds. The number of carbonyl (C=O) groups is 1. The fraction of sp³-hybridized carbons (Fsp3) is 0.438. The summed E-state index contributed by atoms with van der Waals surface area (Å²) < 4.78 is 2.65. The van der Waals surface area contributed by atoms with Gasteiger partial charge in [-0.05, 0) is 43.5 Å². The Balaban J connectivity index is 1.86. The van der Waals surface area contributed by atoms with Gasteiger partial charge in [-0.25, -0.2) is 4.68 Å². The van der Waals surface area contributed by atoms with Gasteiger partial charge >= 0.3 is 0 Å². The van der Waals surface area contributed by atoms with Crippen LogP contribution >= 0.6 is 15.9 Å². The maximum atomic E-state index is 12.7. The molecule has 0 bridgehead atoms. The molecule has 1 atom stereocenters. The quantitative estimate of drug-likeness (QED) is 0.888. The van der Waals surface area contributed by atoms with Gasteiger partial charge in [0.2, 0.25) is 0 Å². The molecule has 7 heteroatoms. The summed E-state index contributed by atoms with van der Waals surface area (Å²) >= 11 is 3.45. The van der Waals surface area contributed by atoms with Gasteiger partial charge in [0.05, 0.1) is 11.4 Å². The summed E-state index contributed by atoms with van der Waals surface area (Å²) in [7, 11) is 0. The fourth-order valence-corrected chi connectivity index (χ4v) is 3.28. The lowest BCUT2D eigenvalue weighted by atomic mass is 9.90. The van der Waals surface area contributed by atoms with Crippen LogP contribution in [0.25, 0.3) is 5.69 Å². The van der Waals surface area contributed by atoms with Crippen molar-refractivity contribution >= 4 is 21.8 Å². The molecule has 0 spiro atoms. The minimum Gasteiger partial charge on any atom is -0.337 e. The van der Waals surface area contributed by atoms with Crippen LogP contribution in [0.3, 0.4) is 0 Å². The van der Waals surface area contributed by atoms with Crippen molar-refractivity contribution in [3.63, 3.8) is 0 Å². The molecule has 1 aliphatic rings. The molecule has 0 radical (unpaired) electrons. The maximum absolute atomic E-state index is 12.7. The zero-order valence-electron chi connectivity index (χ0n) is 13.3. The zero-order chi connectivity index (χ0) is 16.6. The highest BCUT2D eigenvalue weighted by molar-refractivity contribution is 9.10. The summed E-state index contributed by atoms with van der Waals surface area (Å²) in [5, 5.41) is 8.26. The third-order valence-electron chi connectivity index (χ3n) is 4.49. The van der Waals surface area contributed by atoms with E-state index in [4.69, 9.17) is 5.73 Å². The van der Waals surface area contributed by atoms with Gasteiger partial charge < -0.3 is 10.6 Å². The van der Waals surface area contributed by atoms with Gasteiger partial charge in [-0.15, -0.1) is 5.10 Å². The summed E-state index contributed by atoms with van der Waals surface area (Å²) in [6.45, 7) is 5.96.